The summed E-state index contributed by atoms with van der Waals surface area (Å²) in [6, 6.07) is -0.862. The molecule has 19 heavy (non-hydrogen) atoms. The molecule has 0 aliphatic heterocycles. The largest absolute Gasteiger partial charge is 0.480 e. The van der Waals surface area contributed by atoms with Crippen molar-refractivity contribution in [2.75, 3.05) is 0 Å². The number of carboxylic acids is 1. The highest BCUT2D eigenvalue weighted by Crippen LogP contribution is 2.10. The third kappa shape index (κ3) is 4.82. The van der Waals surface area contributed by atoms with E-state index in [4.69, 9.17) is 5.11 Å². The lowest BCUT2D eigenvalue weighted by Crippen LogP contribution is -2.44. The van der Waals surface area contributed by atoms with E-state index in [-0.39, 0.29) is 5.92 Å². The van der Waals surface area contributed by atoms with Gasteiger partial charge in [-0.05, 0) is 18.9 Å². The lowest BCUT2D eigenvalue weighted by molar-refractivity contribution is -0.142. The molecule has 104 valence electrons. The third-order valence-corrected chi connectivity index (χ3v) is 3.61. The normalized spacial score (nSPS) is 14.3. The van der Waals surface area contributed by atoms with Gasteiger partial charge in [-0.15, -0.1) is 11.3 Å². The van der Waals surface area contributed by atoms with E-state index >= 15 is 0 Å². The minimum absolute atomic E-state index is 0.114. The molecular weight excluding hydrogens is 264 g/mol. The van der Waals surface area contributed by atoms with Crippen LogP contribution < -0.4 is 5.32 Å². The fraction of sp³-hybridized carbons (Fsp3) is 0.462. The average Bonchev–Trinajstić information content (AvgIpc) is 2.78. The number of carbonyl (C=O) groups is 2. The van der Waals surface area contributed by atoms with Gasteiger partial charge in [0.15, 0.2) is 0 Å². The van der Waals surface area contributed by atoms with Crippen LogP contribution >= 0.6 is 11.3 Å². The highest BCUT2D eigenvalue weighted by atomic mass is 32.1. The van der Waals surface area contributed by atoms with Crippen LogP contribution in [0, 0.1) is 12.8 Å². The number of aliphatic carboxylic acids is 1. The van der Waals surface area contributed by atoms with Crippen LogP contribution in [0.5, 0.6) is 0 Å². The summed E-state index contributed by atoms with van der Waals surface area (Å²) in [5, 5.41) is 14.3. The van der Waals surface area contributed by atoms with Crippen molar-refractivity contribution >= 4 is 29.3 Å². The standard InChI is InChI=1S/C13H18N2O3S/c1-4-8(2)12(13(17)18)15-11(16)6-5-10-7-19-9(3)14-10/h5-8,12H,4H2,1-3H3,(H,15,16)(H,17,18)/b6-5+/t8-,12-/m0/s1. The fourth-order valence-electron chi connectivity index (χ4n) is 1.50. The summed E-state index contributed by atoms with van der Waals surface area (Å²) in [6.45, 7) is 5.57. The minimum Gasteiger partial charge on any atom is -0.480 e. The first-order valence-electron chi connectivity index (χ1n) is 6.07. The number of amides is 1. The molecule has 1 aromatic rings. The van der Waals surface area contributed by atoms with E-state index in [0.29, 0.717) is 12.1 Å². The molecular formula is C13H18N2O3S. The summed E-state index contributed by atoms with van der Waals surface area (Å²) in [4.78, 5) is 26.9. The number of hydrogen-bond donors (Lipinski definition) is 2. The number of nitrogens with one attached hydrogen (secondary N) is 1. The van der Waals surface area contributed by atoms with Crippen molar-refractivity contribution in [3.05, 3.63) is 22.2 Å². The van der Waals surface area contributed by atoms with E-state index in [1.165, 1.54) is 17.4 Å². The van der Waals surface area contributed by atoms with Crippen molar-refractivity contribution in [2.24, 2.45) is 5.92 Å². The van der Waals surface area contributed by atoms with E-state index in [1.807, 2.05) is 19.2 Å². The molecule has 0 aliphatic rings. The maximum atomic E-state index is 11.7. The highest BCUT2D eigenvalue weighted by molar-refractivity contribution is 7.09. The van der Waals surface area contributed by atoms with Gasteiger partial charge in [-0.2, -0.15) is 0 Å². The van der Waals surface area contributed by atoms with Crippen LogP contribution in [0.15, 0.2) is 11.5 Å². The molecule has 5 nitrogen and oxygen atoms in total. The molecule has 1 rings (SSSR count). The lowest BCUT2D eigenvalue weighted by Gasteiger charge is -2.19. The summed E-state index contributed by atoms with van der Waals surface area (Å²) < 4.78 is 0. The van der Waals surface area contributed by atoms with Gasteiger partial charge in [0.2, 0.25) is 5.91 Å². The van der Waals surface area contributed by atoms with E-state index in [9.17, 15) is 9.59 Å². The molecule has 0 saturated carbocycles. The number of nitrogens with zero attached hydrogens (tertiary/aromatic N) is 1. The van der Waals surface area contributed by atoms with Gasteiger partial charge in [-0.1, -0.05) is 20.3 Å². The topological polar surface area (TPSA) is 79.3 Å². The molecule has 0 radical (unpaired) electrons. The van der Waals surface area contributed by atoms with Crippen molar-refractivity contribution in [3.8, 4) is 0 Å². The molecule has 2 atom stereocenters. The summed E-state index contributed by atoms with van der Waals surface area (Å²) in [5.41, 5.74) is 0.702. The number of hydrogen-bond acceptors (Lipinski definition) is 4. The third-order valence-electron chi connectivity index (χ3n) is 2.82. The number of thiazole rings is 1. The first kappa shape index (κ1) is 15.4. The van der Waals surface area contributed by atoms with Gasteiger partial charge in [-0.25, -0.2) is 9.78 Å². The maximum absolute atomic E-state index is 11.7. The zero-order valence-corrected chi connectivity index (χ0v) is 12.0. The highest BCUT2D eigenvalue weighted by Gasteiger charge is 2.24. The van der Waals surface area contributed by atoms with E-state index in [1.54, 1.807) is 13.0 Å². The molecule has 0 unspecified atom stereocenters. The predicted octanol–water partition coefficient (Wildman–Crippen LogP) is 2.08. The van der Waals surface area contributed by atoms with Gasteiger partial charge < -0.3 is 10.4 Å². The van der Waals surface area contributed by atoms with Crippen molar-refractivity contribution in [1.82, 2.24) is 10.3 Å². The van der Waals surface area contributed by atoms with Crippen LogP contribution in [-0.4, -0.2) is 28.0 Å². The van der Waals surface area contributed by atoms with Crippen LogP contribution in [0.2, 0.25) is 0 Å². The van der Waals surface area contributed by atoms with E-state index < -0.39 is 17.9 Å². The molecule has 1 heterocycles. The van der Waals surface area contributed by atoms with Crippen LogP contribution in [0.3, 0.4) is 0 Å². The second-order valence-electron chi connectivity index (χ2n) is 4.33. The Bertz CT molecular complexity index is 482. The second-order valence-corrected chi connectivity index (χ2v) is 5.40. The van der Waals surface area contributed by atoms with Crippen LogP contribution in [0.25, 0.3) is 6.08 Å². The molecule has 0 aliphatic carbocycles. The Morgan fingerprint density at radius 3 is 2.74 bits per heavy atom. The average molecular weight is 282 g/mol. The summed E-state index contributed by atoms with van der Waals surface area (Å²) in [6.07, 6.45) is 3.58. The second kappa shape index (κ2) is 7.04. The number of rotatable bonds is 6. The smallest absolute Gasteiger partial charge is 0.326 e. The van der Waals surface area contributed by atoms with Gasteiger partial charge in [0.05, 0.1) is 10.7 Å². The summed E-state index contributed by atoms with van der Waals surface area (Å²) >= 11 is 1.50. The van der Waals surface area contributed by atoms with Crippen molar-refractivity contribution < 1.29 is 14.7 Å². The Labute approximate surface area is 116 Å². The van der Waals surface area contributed by atoms with Crippen LogP contribution in [0.4, 0.5) is 0 Å². The molecule has 0 fully saturated rings. The van der Waals surface area contributed by atoms with Crippen molar-refractivity contribution in [1.29, 1.82) is 0 Å². The quantitative estimate of drug-likeness (QED) is 0.783. The Hall–Kier alpha value is -1.69. The zero-order chi connectivity index (χ0) is 14.4. The molecule has 1 aromatic heterocycles. The summed E-state index contributed by atoms with van der Waals surface area (Å²) in [7, 11) is 0. The molecule has 2 N–H and O–H groups in total. The first-order chi connectivity index (χ1) is 8.93. The van der Waals surface area contributed by atoms with Gasteiger partial charge in [0, 0.05) is 11.5 Å². The molecule has 1 amide bonds. The Morgan fingerprint density at radius 1 is 1.58 bits per heavy atom. The van der Waals surface area contributed by atoms with Gasteiger partial charge >= 0.3 is 5.97 Å². The number of carbonyl (C=O) groups excluding carboxylic acids is 1. The lowest BCUT2D eigenvalue weighted by atomic mass is 9.99. The van der Waals surface area contributed by atoms with Crippen LogP contribution in [0.1, 0.15) is 31.0 Å². The maximum Gasteiger partial charge on any atom is 0.326 e. The Morgan fingerprint density at radius 2 is 2.26 bits per heavy atom. The van der Waals surface area contributed by atoms with Crippen LogP contribution in [-0.2, 0) is 9.59 Å². The zero-order valence-electron chi connectivity index (χ0n) is 11.2. The fourth-order valence-corrected chi connectivity index (χ4v) is 2.08. The monoisotopic (exact) mass is 282 g/mol. The molecule has 0 bridgehead atoms. The Balaban J connectivity index is 2.62. The van der Waals surface area contributed by atoms with Gasteiger partial charge in [-0.3, -0.25) is 4.79 Å². The molecule has 0 aromatic carbocycles. The molecule has 0 spiro atoms. The number of aryl methyl sites for hydroxylation is 1. The van der Waals surface area contributed by atoms with Crippen molar-refractivity contribution in [3.63, 3.8) is 0 Å². The molecule has 6 heteroatoms. The van der Waals surface area contributed by atoms with E-state index in [0.717, 1.165) is 5.01 Å². The predicted molar refractivity (Wildman–Crippen MR) is 74.9 cm³/mol. The van der Waals surface area contributed by atoms with Crippen molar-refractivity contribution in [2.45, 2.75) is 33.2 Å². The number of aromatic nitrogens is 1. The molecule has 0 saturated heterocycles. The van der Waals surface area contributed by atoms with Gasteiger partial charge in [0.25, 0.3) is 0 Å². The first-order valence-corrected chi connectivity index (χ1v) is 6.95. The van der Waals surface area contributed by atoms with Gasteiger partial charge in [0.1, 0.15) is 6.04 Å². The Kier molecular flexibility index (Phi) is 5.69. The summed E-state index contributed by atoms with van der Waals surface area (Å²) in [5.74, 6) is -1.55. The minimum atomic E-state index is -1.01. The number of carboxylic acid groups (broad SMARTS) is 1. The van der Waals surface area contributed by atoms with E-state index in [2.05, 4.69) is 10.3 Å². The SMILES string of the molecule is CC[C@H](C)[C@H](NC(=O)/C=C/c1csc(C)n1)C(=O)O.